The molecule has 1 aliphatic heterocycles. The number of nitrogens with one attached hydrogen (secondary N) is 1. The second kappa shape index (κ2) is 7.40. The van der Waals surface area contributed by atoms with Gasteiger partial charge >= 0.3 is 5.97 Å². The third kappa shape index (κ3) is 3.71. The van der Waals surface area contributed by atoms with Gasteiger partial charge in [0.15, 0.2) is 6.61 Å². The molecule has 0 atom stereocenters. The standard InChI is InChI=1S/C17H18ClN3O3/c18-13-4-1-2-6-15(13)20-8-10-21(11-9-20)16(22)12-24-17(23)14-5-3-7-19-14/h1-7,19H,8-12H2. The Balaban J connectivity index is 1.48. The Morgan fingerprint density at radius 1 is 1.08 bits per heavy atom. The van der Waals surface area contributed by atoms with Crippen LogP contribution in [0.5, 0.6) is 0 Å². The van der Waals surface area contributed by atoms with Crippen molar-refractivity contribution in [2.24, 2.45) is 0 Å². The number of carbonyl (C=O) groups excluding carboxylic acids is 2. The van der Waals surface area contributed by atoms with E-state index in [9.17, 15) is 9.59 Å². The van der Waals surface area contributed by atoms with Crippen LogP contribution in [0.3, 0.4) is 0 Å². The molecule has 1 N–H and O–H groups in total. The van der Waals surface area contributed by atoms with Gasteiger partial charge in [-0.15, -0.1) is 0 Å². The molecule has 1 fully saturated rings. The highest BCUT2D eigenvalue weighted by Gasteiger charge is 2.23. The van der Waals surface area contributed by atoms with E-state index in [1.165, 1.54) is 0 Å². The maximum absolute atomic E-state index is 12.2. The van der Waals surface area contributed by atoms with E-state index in [4.69, 9.17) is 16.3 Å². The fraction of sp³-hybridized carbons (Fsp3) is 0.294. The largest absolute Gasteiger partial charge is 0.451 e. The molecule has 1 aromatic carbocycles. The molecule has 0 saturated carbocycles. The first kappa shape index (κ1) is 16.4. The van der Waals surface area contributed by atoms with Crippen molar-refractivity contribution in [2.45, 2.75) is 0 Å². The summed E-state index contributed by atoms with van der Waals surface area (Å²) in [7, 11) is 0. The summed E-state index contributed by atoms with van der Waals surface area (Å²) >= 11 is 6.21. The van der Waals surface area contributed by atoms with Crippen molar-refractivity contribution in [1.82, 2.24) is 9.88 Å². The molecule has 0 bridgehead atoms. The van der Waals surface area contributed by atoms with Crippen LogP contribution in [0.25, 0.3) is 0 Å². The fourth-order valence-electron chi connectivity index (χ4n) is 2.66. The topological polar surface area (TPSA) is 65.6 Å². The zero-order valence-electron chi connectivity index (χ0n) is 13.1. The molecule has 0 unspecified atom stereocenters. The number of ether oxygens (including phenoxy) is 1. The second-order valence-electron chi connectivity index (χ2n) is 5.48. The molecular weight excluding hydrogens is 330 g/mol. The number of anilines is 1. The summed E-state index contributed by atoms with van der Waals surface area (Å²) in [5.74, 6) is -0.711. The number of rotatable bonds is 4. The molecule has 126 valence electrons. The molecule has 1 aromatic heterocycles. The van der Waals surface area contributed by atoms with Crippen LogP contribution in [-0.4, -0.2) is 54.5 Å². The van der Waals surface area contributed by atoms with Crippen molar-refractivity contribution in [2.75, 3.05) is 37.7 Å². The predicted molar refractivity (Wildman–Crippen MR) is 91.3 cm³/mol. The van der Waals surface area contributed by atoms with Gasteiger partial charge in [0, 0.05) is 32.4 Å². The number of piperazine rings is 1. The molecule has 0 aliphatic carbocycles. The molecule has 1 aliphatic rings. The smallest absolute Gasteiger partial charge is 0.355 e. The number of aromatic amines is 1. The lowest BCUT2D eigenvalue weighted by molar-refractivity contribution is -0.134. The lowest BCUT2D eigenvalue weighted by Gasteiger charge is -2.36. The SMILES string of the molecule is O=C(OCC(=O)N1CCN(c2ccccc2Cl)CC1)c1ccc[nH]1. The fourth-order valence-corrected chi connectivity index (χ4v) is 2.91. The van der Waals surface area contributed by atoms with Gasteiger partial charge < -0.3 is 19.5 Å². The van der Waals surface area contributed by atoms with E-state index in [0.717, 1.165) is 5.69 Å². The minimum absolute atomic E-state index is 0.186. The van der Waals surface area contributed by atoms with E-state index in [2.05, 4.69) is 9.88 Å². The zero-order chi connectivity index (χ0) is 16.9. The Bertz CT molecular complexity index is 710. The maximum atomic E-state index is 12.2. The third-order valence-corrected chi connectivity index (χ3v) is 4.29. The van der Waals surface area contributed by atoms with Gasteiger partial charge in [-0.05, 0) is 24.3 Å². The van der Waals surface area contributed by atoms with Gasteiger partial charge in [-0.1, -0.05) is 23.7 Å². The highest BCUT2D eigenvalue weighted by molar-refractivity contribution is 6.33. The molecular formula is C17H18ClN3O3. The average molecular weight is 348 g/mol. The van der Waals surface area contributed by atoms with Gasteiger partial charge in [0.05, 0.1) is 10.7 Å². The molecule has 24 heavy (non-hydrogen) atoms. The van der Waals surface area contributed by atoms with Crippen molar-refractivity contribution >= 4 is 29.2 Å². The molecule has 1 saturated heterocycles. The summed E-state index contributed by atoms with van der Waals surface area (Å²) < 4.78 is 5.04. The number of esters is 1. The first-order valence-electron chi connectivity index (χ1n) is 7.73. The summed E-state index contributed by atoms with van der Waals surface area (Å²) in [6, 6.07) is 11.0. The minimum atomic E-state index is -0.525. The van der Waals surface area contributed by atoms with Crippen LogP contribution in [0.1, 0.15) is 10.5 Å². The predicted octanol–water partition coefficient (Wildman–Crippen LogP) is 2.17. The van der Waals surface area contributed by atoms with E-state index in [0.29, 0.717) is 36.9 Å². The van der Waals surface area contributed by atoms with Crippen LogP contribution in [-0.2, 0) is 9.53 Å². The summed E-state index contributed by atoms with van der Waals surface area (Å²) in [6.07, 6.45) is 1.63. The maximum Gasteiger partial charge on any atom is 0.355 e. The van der Waals surface area contributed by atoms with E-state index < -0.39 is 5.97 Å². The van der Waals surface area contributed by atoms with Crippen molar-refractivity contribution in [3.63, 3.8) is 0 Å². The number of hydrogen-bond acceptors (Lipinski definition) is 4. The Morgan fingerprint density at radius 2 is 1.83 bits per heavy atom. The highest BCUT2D eigenvalue weighted by atomic mass is 35.5. The molecule has 6 nitrogen and oxygen atoms in total. The van der Waals surface area contributed by atoms with E-state index >= 15 is 0 Å². The zero-order valence-corrected chi connectivity index (χ0v) is 13.8. The summed E-state index contributed by atoms with van der Waals surface area (Å²) in [5, 5.41) is 0.706. The normalized spacial score (nSPS) is 14.5. The van der Waals surface area contributed by atoms with Gasteiger partial charge in [-0.2, -0.15) is 0 Å². The monoisotopic (exact) mass is 347 g/mol. The number of hydrogen-bond donors (Lipinski definition) is 1. The van der Waals surface area contributed by atoms with Gasteiger partial charge in [-0.3, -0.25) is 4.79 Å². The van der Waals surface area contributed by atoms with E-state index in [1.54, 1.807) is 23.2 Å². The van der Waals surface area contributed by atoms with Crippen LogP contribution < -0.4 is 4.90 Å². The number of nitrogens with zero attached hydrogens (tertiary/aromatic N) is 2. The van der Waals surface area contributed by atoms with Crippen molar-refractivity contribution in [3.05, 3.63) is 53.3 Å². The Kier molecular flexibility index (Phi) is 5.05. The van der Waals surface area contributed by atoms with Crippen molar-refractivity contribution < 1.29 is 14.3 Å². The van der Waals surface area contributed by atoms with Gasteiger partial charge in [0.2, 0.25) is 0 Å². The Labute approximate surface area is 145 Å². The van der Waals surface area contributed by atoms with E-state index in [1.807, 2.05) is 24.3 Å². The number of halogens is 1. The first-order valence-corrected chi connectivity index (χ1v) is 8.11. The van der Waals surface area contributed by atoms with E-state index in [-0.39, 0.29) is 12.5 Å². The Hall–Kier alpha value is -2.47. The number of carbonyl (C=O) groups is 2. The molecule has 7 heteroatoms. The number of aromatic nitrogens is 1. The summed E-state index contributed by atoms with van der Waals surface area (Å²) in [4.78, 5) is 30.5. The summed E-state index contributed by atoms with van der Waals surface area (Å²) in [5.41, 5.74) is 1.32. The summed E-state index contributed by atoms with van der Waals surface area (Å²) in [6.45, 7) is 2.29. The molecule has 1 amide bonds. The molecule has 3 rings (SSSR count). The number of para-hydroxylation sites is 1. The van der Waals surface area contributed by atoms with Crippen molar-refractivity contribution in [3.8, 4) is 0 Å². The molecule has 2 aromatic rings. The molecule has 0 spiro atoms. The number of benzene rings is 1. The quantitative estimate of drug-likeness (QED) is 0.861. The highest BCUT2D eigenvalue weighted by Crippen LogP contribution is 2.25. The second-order valence-corrected chi connectivity index (χ2v) is 5.89. The van der Waals surface area contributed by atoms with Gasteiger partial charge in [-0.25, -0.2) is 4.79 Å². The lowest BCUT2D eigenvalue weighted by atomic mass is 10.2. The third-order valence-electron chi connectivity index (χ3n) is 3.97. The average Bonchev–Trinajstić information content (AvgIpc) is 3.15. The van der Waals surface area contributed by atoms with Crippen LogP contribution in [0.4, 0.5) is 5.69 Å². The minimum Gasteiger partial charge on any atom is -0.451 e. The number of amides is 1. The lowest BCUT2D eigenvalue weighted by Crippen LogP contribution is -2.50. The Morgan fingerprint density at radius 3 is 2.50 bits per heavy atom. The van der Waals surface area contributed by atoms with Crippen LogP contribution in [0, 0.1) is 0 Å². The first-order chi connectivity index (χ1) is 11.6. The van der Waals surface area contributed by atoms with Crippen LogP contribution in [0.2, 0.25) is 5.02 Å². The molecule has 2 heterocycles. The molecule has 0 radical (unpaired) electrons. The van der Waals surface area contributed by atoms with Crippen molar-refractivity contribution in [1.29, 1.82) is 0 Å². The van der Waals surface area contributed by atoms with Gasteiger partial charge in [0.25, 0.3) is 5.91 Å². The van der Waals surface area contributed by atoms with Crippen LogP contribution >= 0.6 is 11.6 Å². The number of H-pyrrole nitrogens is 1. The van der Waals surface area contributed by atoms with Gasteiger partial charge in [0.1, 0.15) is 5.69 Å². The van der Waals surface area contributed by atoms with Crippen LogP contribution in [0.15, 0.2) is 42.6 Å².